The summed E-state index contributed by atoms with van der Waals surface area (Å²) in [5.41, 5.74) is 0.317. The number of nitrogens with zero attached hydrogens (tertiary/aromatic N) is 3. The summed E-state index contributed by atoms with van der Waals surface area (Å²) in [4.78, 5) is 14.6. The molecule has 2 aromatic heterocycles. The number of nitrogens with one attached hydrogen (secondary N) is 2. The van der Waals surface area contributed by atoms with Crippen molar-refractivity contribution >= 4 is 23.4 Å². The molecule has 0 saturated carbocycles. The van der Waals surface area contributed by atoms with Crippen molar-refractivity contribution < 1.29 is 8.78 Å². The topological polar surface area (TPSA) is 78.3 Å². The van der Waals surface area contributed by atoms with Crippen LogP contribution < -0.4 is 0 Å². The number of halogens is 3. The second-order valence-corrected chi connectivity index (χ2v) is 4.43. The Bertz CT molecular complexity index is 660. The lowest BCUT2D eigenvalue weighted by Crippen LogP contribution is -2.20. The predicted molar refractivity (Wildman–Crippen MR) is 72.0 cm³/mol. The van der Waals surface area contributed by atoms with Crippen molar-refractivity contribution in [2.45, 2.75) is 12.8 Å². The number of hydrogen-bond donors (Lipinski definition) is 2. The Morgan fingerprint density at radius 3 is 2.80 bits per heavy atom. The lowest BCUT2D eigenvalue weighted by atomic mass is 10.2. The molecule has 5 nitrogen and oxygen atoms in total. The lowest BCUT2D eigenvalue weighted by molar-refractivity contribution is 0.101. The zero-order valence-electron chi connectivity index (χ0n) is 10.4. The number of H-pyrrole nitrogens is 1. The average molecular weight is 298 g/mol. The van der Waals surface area contributed by atoms with Gasteiger partial charge in [-0.05, 0) is 12.2 Å². The monoisotopic (exact) mass is 297 g/mol. The summed E-state index contributed by atoms with van der Waals surface area (Å²) >= 11 is 5.74. The van der Waals surface area contributed by atoms with Gasteiger partial charge in [0.2, 0.25) is 0 Å². The van der Waals surface area contributed by atoms with Crippen LogP contribution in [0.5, 0.6) is 0 Å². The quantitative estimate of drug-likeness (QED) is 0.672. The second-order valence-electron chi connectivity index (χ2n) is 4.04. The van der Waals surface area contributed by atoms with Gasteiger partial charge in [0.15, 0.2) is 0 Å². The van der Waals surface area contributed by atoms with Crippen LogP contribution in [0.25, 0.3) is 17.5 Å². The van der Waals surface area contributed by atoms with Crippen LogP contribution in [0, 0.1) is 5.41 Å². The summed E-state index contributed by atoms with van der Waals surface area (Å²) in [6.45, 7) is 0.663. The SMILES string of the molecule is CC(F)(F)C(=N)/C=C\c1ncc(-c2cc(Cl)ncn2)[nH]1. The van der Waals surface area contributed by atoms with Gasteiger partial charge in [-0.3, -0.25) is 5.41 Å². The van der Waals surface area contributed by atoms with Crippen LogP contribution in [-0.4, -0.2) is 31.6 Å². The van der Waals surface area contributed by atoms with Crippen LogP contribution in [0.4, 0.5) is 8.78 Å². The summed E-state index contributed by atoms with van der Waals surface area (Å²) in [5.74, 6) is -2.84. The van der Waals surface area contributed by atoms with E-state index in [0.717, 1.165) is 6.08 Å². The van der Waals surface area contributed by atoms with Gasteiger partial charge in [0.1, 0.15) is 23.0 Å². The summed E-state index contributed by atoms with van der Waals surface area (Å²) < 4.78 is 25.6. The minimum atomic E-state index is -3.17. The molecule has 2 rings (SSSR count). The first kappa shape index (κ1) is 14.3. The summed E-state index contributed by atoms with van der Waals surface area (Å²) in [7, 11) is 0. The average Bonchev–Trinajstić information content (AvgIpc) is 2.83. The van der Waals surface area contributed by atoms with E-state index in [9.17, 15) is 8.78 Å². The Hall–Kier alpha value is -2.15. The van der Waals surface area contributed by atoms with Gasteiger partial charge in [-0.25, -0.2) is 15.0 Å². The van der Waals surface area contributed by atoms with Gasteiger partial charge in [-0.1, -0.05) is 11.6 Å². The third kappa shape index (κ3) is 3.45. The van der Waals surface area contributed by atoms with Crippen LogP contribution in [0.15, 0.2) is 24.7 Å². The van der Waals surface area contributed by atoms with Crippen LogP contribution in [0.1, 0.15) is 12.7 Å². The minimum Gasteiger partial charge on any atom is -0.337 e. The third-order valence-electron chi connectivity index (χ3n) is 2.39. The Morgan fingerprint density at radius 2 is 2.15 bits per heavy atom. The number of aromatic amines is 1. The van der Waals surface area contributed by atoms with Crippen molar-refractivity contribution in [3.8, 4) is 11.4 Å². The number of imidazole rings is 1. The second kappa shape index (κ2) is 5.46. The fourth-order valence-electron chi connectivity index (χ4n) is 1.34. The molecule has 0 saturated heterocycles. The molecule has 0 amide bonds. The standard InChI is InChI=1S/C12H10ClF2N5/c1-12(14,15)9(16)2-3-11-17-5-8(20-11)7-4-10(13)19-6-18-7/h2-6,16H,1H3,(H,17,20)/b3-2-,16-9?. The van der Waals surface area contributed by atoms with Gasteiger partial charge in [-0.2, -0.15) is 8.78 Å². The molecule has 0 fully saturated rings. The molecule has 104 valence electrons. The van der Waals surface area contributed by atoms with E-state index in [0.29, 0.717) is 24.1 Å². The Morgan fingerprint density at radius 1 is 1.40 bits per heavy atom. The minimum absolute atomic E-state index is 0.286. The van der Waals surface area contributed by atoms with E-state index in [4.69, 9.17) is 17.0 Å². The summed E-state index contributed by atoms with van der Waals surface area (Å²) in [6, 6.07) is 1.55. The van der Waals surface area contributed by atoms with Crippen molar-refractivity contribution in [2.24, 2.45) is 0 Å². The highest BCUT2D eigenvalue weighted by Gasteiger charge is 2.25. The lowest BCUT2D eigenvalue weighted by Gasteiger charge is -2.06. The molecule has 20 heavy (non-hydrogen) atoms. The maximum absolute atomic E-state index is 12.8. The first-order chi connectivity index (χ1) is 9.36. The highest BCUT2D eigenvalue weighted by molar-refractivity contribution is 6.29. The molecule has 2 heterocycles. The molecule has 0 aliphatic carbocycles. The molecule has 0 bridgehead atoms. The number of rotatable bonds is 4. The molecule has 0 spiro atoms. The van der Waals surface area contributed by atoms with Crippen LogP contribution >= 0.6 is 11.6 Å². The van der Waals surface area contributed by atoms with E-state index in [1.165, 1.54) is 18.6 Å². The van der Waals surface area contributed by atoms with Gasteiger partial charge < -0.3 is 4.98 Å². The Balaban J connectivity index is 2.18. The van der Waals surface area contributed by atoms with E-state index in [1.54, 1.807) is 6.07 Å². The van der Waals surface area contributed by atoms with Crippen molar-refractivity contribution in [1.82, 2.24) is 19.9 Å². The van der Waals surface area contributed by atoms with E-state index in [1.807, 2.05) is 0 Å². The molecule has 0 aliphatic rings. The maximum atomic E-state index is 12.8. The summed E-state index contributed by atoms with van der Waals surface area (Å²) in [5, 5.41) is 7.46. The fraction of sp³-hybridized carbons (Fsp3) is 0.167. The highest BCUT2D eigenvalue weighted by atomic mass is 35.5. The smallest absolute Gasteiger partial charge is 0.286 e. The predicted octanol–water partition coefficient (Wildman–Crippen LogP) is 3.21. The summed E-state index contributed by atoms with van der Waals surface area (Å²) in [6.07, 6.45) is 5.09. The molecular formula is C12H10ClF2N5. The Labute approximate surface area is 118 Å². The highest BCUT2D eigenvalue weighted by Crippen LogP contribution is 2.18. The molecule has 2 N–H and O–H groups in total. The van der Waals surface area contributed by atoms with Crippen LogP contribution in [-0.2, 0) is 0 Å². The molecule has 0 aromatic carbocycles. The van der Waals surface area contributed by atoms with Gasteiger partial charge in [-0.15, -0.1) is 0 Å². The molecular weight excluding hydrogens is 288 g/mol. The van der Waals surface area contributed by atoms with E-state index in [2.05, 4.69) is 19.9 Å². The van der Waals surface area contributed by atoms with Crippen molar-refractivity contribution in [3.05, 3.63) is 35.6 Å². The molecule has 0 radical (unpaired) electrons. The largest absolute Gasteiger partial charge is 0.337 e. The van der Waals surface area contributed by atoms with E-state index < -0.39 is 11.6 Å². The number of aromatic nitrogens is 4. The van der Waals surface area contributed by atoms with E-state index in [-0.39, 0.29) is 5.15 Å². The van der Waals surface area contributed by atoms with Crippen molar-refractivity contribution in [3.63, 3.8) is 0 Å². The van der Waals surface area contributed by atoms with Gasteiger partial charge in [0.05, 0.1) is 17.6 Å². The molecule has 0 unspecified atom stereocenters. The normalized spacial score (nSPS) is 12.0. The molecule has 0 atom stereocenters. The van der Waals surface area contributed by atoms with Gasteiger partial charge in [0.25, 0.3) is 5.92 Å². The van der Waals surface area contributed by atoms with Crippen LogP contribution in [0.2, 0.25) is 5.15 Å². The first-order valence-corrected chi connectivity index (χ1v) is 5.92. The third-order valence-corrected chi connectivity index (χ3v) is 2.59. The van der Waals surface area contributed by atoms with Gasteiger partial charge >= 0.3 is 0 Å². The number of alkyl halides is 2. The molecule has 0 aliphatic heterocycles. The van der Waals surface area contributed by atoms with Crippen LogP contribution in [0.3, 0.4) is 0 Å². The molecule has 8 heteroatoms. The number of allylic oxidation sites excluding steroid dienone is 1. The van der Waals surface area contributed by atoms with Gasteiger partial charge in [0, 0.05) is 13.0 Å². The Kier molecular flexibility index (Phi) is 3.89. The van der Waals surface area contributed by atoms with Crippen molar-refractivity contribution in [1.29, 1.82) is 5.41 Å². The zero-order valence-corrected chi connectivity index (χ0v) is 11.1. The van der Waals surface area contributed by atoms with E-state index >= 15 is 0 Å². The molecule has 2 aromatic rings. The first-order valence-electron chi connectivity index (χ1n) is 5.54. The van der Waals surface area contributed by atoms with Crippen molar-refractivity contribution in [2.75, 3.05) is 0 Å². The fourth-order valence-corrected chi connectivity index (χ4v) is 1.49. The number of hydrogen-bond acceptors (Lipinski definition) is 4. The maximum Gasteiger partial charge on any atom is 0.286 e. The zero-order chi connectivity index (χ0) is 14.8.